The second kappa shape index (κ2) is 5.80. The number of nitrogen functional groups attached to an aromatic ring is 1. The number of imidazole rings is 1. The molecular formula is C5H8Cl3N5. The molecule has 0 aliphatic carbocycles. The van der Waals surface area contributed by atoms with Gasteiger partial charge in [-0.05, 0) is 0 Å². The van der Waals surface area contributed by atoms with Crippen LogP contribution in [0.5, 0.6) is 0 Å². The largest absolute Gasteiger partial charge is 0.382 e. The molecule has 0 amide bonds. The van der Waals surface area contributed by atoms with E-state index < -0.39 is 0 Å². The van der Waals surface area contributed by atoms with Crippen LogP contribution in [0.2, 0.25) is 0 Å². The van der Waals surface area contributed by atoms with E-state index in [-0.39, 0.29) is 37.2 Å². The lowest BCUT2D eigenvalue weighted by Crippen LogP contribution is -1.91. The summed E-state index contributed by atoms with van der Waals surface area (Å²) in [6.45, 7) is 0. The summed E-state index contributed by atoms with van der Waals surface area (Å²) >= 11 is 0. The van der Waals surface area contributed by atoms with Crippen LogP contribution in [0.3, 0.4) is 0 Å². The van der Waals surface area contributed by atoms with Crippen molar-refractivity contribution in [3.8, 4) is 0 Å². The molecule has 74 valence electrons. The molecule has 2 aromatic rings. The fourth-order valence-electron chi connectivity index (χ4n) is 0.784. The van der Waals surface area contributed by atoms with Gasteiger partial charge in [0.25, 0.3) is 0 Å². The number of aromatic amines is 1. The van der Waals surface area contributed by atoms with Crippen LogP contribution < -0.4 is 5.73 Å². The summed E-state index contributed by atoms with van der Waals surface area (Å²) in [4.78, 5) is 14.4. The van der Waals surface area contributed by atoms with E-state index in [2.05, 4.69) is 19.9 Å². The van der Waals surface area contributed by atoms with E-state index in [1.54, 1.807) is 0 Å². The van der Waals surface area contributed by atoms with Gasteiger partial charge in [-0.25, -0.2) is 15.0 Å². The molecule has 0 saturated heterocycles. The van der Waals surface area contributed by atoms with E-state index in [0.29, 0.717) is 17.0 Å². The second-order valence-electron chi connectivity index (χ2n) is 1.86. The maximum Gasteiger partial charge on any atom is 0.182 e. The number of anilines is 1. The van der Waals surface area contributed by atoms with Gasteiger partial charge < -0.3 is 10.7 Å². The van der Waals surface area contributed by atoms with Gasteiger partial charge >= 0.3 is 0 Å². The Kier molecular flexibility index (Phi) is 6.57. The number of nitrogens with one attached hydrogen (secondary N) is 1. The Balaban J connectivity index is 0. The van der Waals surface area contributed by atoms with Gasteiger partial charge in [-0.15, -0.1) is 37.2 Å². The lowest BCUT2D eigenvalue weighted by atomic mass is 10.5. The molecule has 3 N–H and O–H groups in total. The Bertz CT molecular complexity index is 362. The number of rotatable bonds is 0. The summed E-state index contributed by atoms with van der Waals surface area (Å²) in [6, 6.07) is 0. The third kappa shape index (κ3) is 2.58. The van der Waals surface area contributed by atoms with Crippen molar-refractivity contribution >= 4 is 54.2 Å². The van der Waals surface area contributed by atoms with Crippen molar-refractivity contribution in [1.82, 2.24) is 19.9 Å². The minimum Gasteiger partial charge on any atom is -0.382 e. The summed E-state index contributed by atoms with van der Waals surface area (Å²) < 4.78 is 0. The fraction of sp³-hybridized carbons (Fsp3) is 0. The maximum atomic E-state index is 5.48. The van der Waals surface area contributed by atoms with Crippen LogP contribution in [-0.4, -0.2) is 19.9 Å². The third-order valence-electron chi connectivity index (χ3n) is 1.25. The Labute approximate surface area is 92.8 Å². The SMILES string of the molecule is Cl.Cl.Cl.Nc1ncnc2nc[nH]c12. The van der Waals surface area contributed by atoms with Gasteiger partial charge in [0.05, 0.1) is 6.33 Å². The highest BCUT2D eigenvalue weighted by Gasteiger charge is 1.99. The van der Waals surface area contributed by atoms with Gasteiger partial charge in [-0.2, -0.15) is 0 Å². The zero-order valence-electron chi connectivity index (χ0n) is 6.30. The first-order chi connectivity index (χ1) is 4.88. The number of aromatic nitrogens is 4. The average Bonchev–Trinajstić information content (AvgIpc) is 2.36. The maximum absolute atomic E-state index is 5.48. The highest BCUT2D eigenvalue weighted by molar-refractivity contribution is 5.86. The second-order valence-corrected chi connectivity index (χ2v) is 1.86. The Morgan fingerprint density at radius 2 is 1.77 bits per heavy atom. The highest BCUT2D eigenvalue weighted by atomic mass is 35.5. The quantitative estimate of drug-likeness (QED) is 0.730. The molecule has 2 rings (SSSR count). The first-order valence-electron chi connectivity index (χ1n) is 2.77. The molecular weight excluding hydrogens is 236 g/mol. The van der Waals surface area contributed by atoms with Crippen LogP contribution in [0, 0.1) is 0 Å². The van der Waals surface area contributed by atoms with Crippen molar-refractivity contribution in [2.24, 2.45) is 0 Å². The molecule has 0 aliphatic rings. The van der Waals surface area contributed by atoms with Crippen molar-refractivity contribution in [2.75, 3.05) is 5.73 Å². The average molecular weight is 245 g/mol. The van der Waals surface area contributed by atoms with Gasteiger partial charge in [-0.3, -0.25) is 0 Å². The molecule has 0 radical (unpaired) electrons. The molecule has 0 aliphatic heterocycles. The van der Waals surface area contributed by atoms with E-state index in [9.17, 15) is 0 Å². The Morgan fingerprint density at radius 1 is 1.08 bits per heavy atom. The van der Waals surface area contributed by atoms with Crippen LogP contribution in [0.4, 0.5) is 5.82 Å². The zero-order chi connectivity index (χ0) is 6.97. The van der Waals surface area contributed by atoms with Crippen LogP contribution in [0.15, 0.2) is 12.7 Å². The van der Waals surface area contributed by atoms with Crippen LogP contribution in [0.25, 0.3) is 11.2 Å². The number of fused-ring (bicyclic) bond motifs is 1. The molecule has 0 fully saturated rings. The molecule has 13 heavy (non-hydrogen) atoms. The normalized spacial score (nSPS) is 8.00. The lowest BCUT2D eigenvalue weighted by molar-refractivity contribution is 1.21. The summed E-state index contributed by atoms with van der Waals surface area (Å²) in [7, 11) is 0. The molecule has 8 heteroatoms. The van der Waals surface area contributed by atoms with Crippen LogP contribution in [0.1, 0.15) is 0 Å². The third-order valence-corrected chi connectivity index (χ3v) is 1.25. The molecule has 2 aromatic heterocycles. The van der Waals surface area contributed by atoms with Gasteiger partial charge in [-0.1, -0.05) is 0 Å². The van der Waals surface area contributed by atoms with E-state index in [1.807, 2.05) is 0 Å². The molecule has 0 atom stereocenters. The standard InChI is InChI=1S/C5H5N5.3ClH/c6-4-3-5(9-1-7-3)10-2-8-4;;;/h1-2H,(H3,6,7,8,9,10);3*1H. The van der Waals surface area contributed by atoms with Crippen molar-refractivity contribution in [1.29, 1.82) is 0 Å². The Hall–Kier alpha value is -0.780. The number of halogens is 3. The number of hydrogen-bond donors (Lipinski definition) is 2. The van der Waals surface area contributed by atoms with Crippen molar-refractivity contribution in [2.45, 2.75) is 0 Å². The summed E-state index contributed by atoms with van der Waals surface area (Å²) in [5.74, 6) is 0.433. The van der Waals surface area contributed by atoms with Crippen molar-refractivity contribution in [3.05, 3.63) is 12.7 Å². The predicted molar refractivity (Wildman–Crippen MR) is 57.8 cm³/mol. The predicted octanol–water partition coefficient (Wildman–Crippen LogP) is 1.20. The number of hydrogen-bond acceptors (Lipinski definition) is 4. The first kappa shape index (κ1) is 14.7. The van der Waals surface area contributed by atoms with Crippen molar-refractivity contribution < 1.29 is 0 Å². The minimum absolute atomic E-state index is 0. The lowest BCUT2D eigenvalue weighted by Gasteiger charge is -1.89. The Morgan fingerprint density at radius 3 is 2.38 bits per heavy atom. The van der Waals surface area contributed by atoms with Gasteiger partial charge in [0.2, 0.25) is 0 Å². The summed E-state index contributed by atoms with van der Waals surface area (Å²) in [5, 5.41) is 0. The molecule has 2 heterocycles. The number of nitrogens with two attached hydrogens (primary N) is 1. The molecule has 5 nitrogen and oxygen atoms in total. The van der Waals surface area contributed by atoms with Gasteiger partial charge in [0.1, 0.15) is 11.8 Å². The van der Waals surface area contributed by atoms with E-state index in [0.717, 1.165) is 0 Å². The van der Waals surface area contributed by atoms with E-state index in [1.165, 1.54) is 12.7 Å². The first-order valence-corrected chi connectivity index (χ1v) is 2.77. The fourth-order valence-corrected chi connectivity index (χ4v) is 0.784. The molecule has 0 saturated carbocycles. The molecule has 0 bridgehead atoms. The molecule has 0 spiro atoms. The van der Waals surface area contributed by atoms with Crippen LogP contribution in [-0.2, 0) is 0 Å². The molecule has 0 aromatic carbocycles. The van der Waals surface area contributed by atoms with E-state index >= 15 is 0 Å². The monoisotopic (exact) mass is 243 g/mol. The van der Waals surface area contributed by atoms with Gasteiger partial charge in [0.15, 0.2) is 11.5 Å². The summed E-state index contributed by atoms with van der Waals surface area (Å²) in [5.41, 5.74) is 6.78. The van der Waals surface area contributed by atoms with Crippen LogP contribution >= 0.6 is 37.2 Å². The smallest absolute Gasteiger partial charge is 0.182 e. The number of nitrogens with zero attached hydrogens (tertiary/aromatic N) is 3. The minimum atomic E-state index is 0. The van der Waals surface area contributed by atoms with Gasteiger partial charge in [0, 0.05) is 0 Å². The van der Waals surface area contributed by atoms with Crippen molar-refractivity contribution in [3.63, 3.8) is 0 Å². The molecule has 0 unspecified atom stereocenters. The zero-order valence-corrected chi connectivity index (χ0v) is 8.75. The van der Waals surface area contributed by atoms with E-state index in [4.69, 9.17) is 5.73 Å². The highest BCUT2D eigenvalue weighted by Crippen LogP contribution is 2.09. The topological polar surface area (TPSA) is 80.5 Å². The number of H-pyrrole nitrogens is 1. The summed E-state index contributed by atoms with van der Waals surface area (Å²) in [6.07, 6.45) is 2.92.